The van der Waals surface area contributed by atoms with Crippen LogP contribution in [0.2, 0.25) is 0 Å². The van der Waals surface area contributed by atoms with Crippen molar-refractivity contribution < 1.29 is 52.4 Å². The second-order valence-electron chi connectivity index (χ2n) is 9.10. The first-order chi connectivity index (χ1) is 20.0. The summed E-state index contributed by atoms with van der Waals surface area (Å²) in [6, 6.07) is 25.6. The molecule has 0 bridgehead atoms. The SMILES string of the molecule is C1=CC[C]([Zr+2][c]2cccc3c2Cc2ccccc2-3)=C1.COc1cccc(OC)c1[O-].COc1cccc(OC)c1[O-]. The predicted molar refractivity (Wildman–Crippen MR) is 154 cm³/mol. The third kappa shape index (κ3) is 7.22. The Kier molecular flexibility index (Phi) is 10.7. The zero-order valence-corrected chi connectivity index (χ0v) is 26.1. The van der Waals surface area contributed by atoms with Gasteiger partial charge in [-0.15, -0.1) is 0 Å². The second kappa shape index (κ2) is 14.6. The average Bonchev–Trinajstić information content (AvgIpc) is 3.66. The molecule has 208 valence electrons. The van der Waals surface area contributed by atoms with E-state index < -0.39 is 23.2 Å². The molecule has 0 radical (unpaired) electrons. The van der Waals surface area contributed by atoms with E-state index >= 15 is 0 Å². The molecule has 0 atom stereocenters. The van der Waals surface area contributed by atoms with Gasteiger partial charge in [0.2, 0.25) is 0 Å². The smallest absolute Gasteiger partial charge is 0.114 e. The van der Waals surface area contributed by atoms with Gasteiger partial charge in [-0.25, -0.2) is 0 Å². The fraction of sp³-hybridized carbons (Fsp3) is 0.176. The first-order valence-corrected chi connectivity index (χ1v) is 15.5. The summed E-state index contributed by atoms with van der Waals surface area (Å²) in [6.45, 7) is 0. The normalized spacial score (nSPS) is 11.9. The molecular formula is C34H32O6Zr. The van der Waals surface area contributed by atoms with Crippen LogP contribution >= 0.6 is 0 Å². The van der Waals surface area contributed by atoms with Crippen molar-refractivity contribution in [3.8, 4) is 45.6 Å². The zero-order valence-electron chi connectivity index (χ0n) is 23.6. The van der Waals surface area contributed by atoms with Crippen molar-refractivity contribution in [1.82, 2.24) is 0 Å². The Balaban J connectivity index is 0.000000153. The van der Waals surface area contributed by atoms with Crippen molar-refractivity contribution in [2.24, 2.45) is 0 Å². The first-order valence-electron chi connectivity index (χ1n) is 13.1. The molecule has 0 amide bonds. The fourth-order valence-corrected chi connectivity index (χ4v) is 7.81. The molecule has 0 unspecified atom stereocenters. The molecule has 0 saturated heterocycles. The molecule has 0 spiro atoms. The molecule has 0 aliphatic heterocycles. The van der Waals surface area contributed by atoms with Crippen LogP contribution in [0.1, 0.15) is 17.5 Å². The Labute approximate surface area is 253 Å². The Hall–Kier alpha value is -3.96. The van der Waals surface area contributed by atoms with E-state index in [-0.39, 0.29) is 11.5 Å². The van der Waals surface area contributed by atoms with Crippen LogP contribution in [0.25, 0.3) is 11.1 Å². The molecule has 0 fully saturated rings. The minimum atomic E-state index is -0.581. The Morgan fingerprint density at radius 3 is 1.63 bits per heavy atom. The maximum absolute atomic E-state index is 11.2. The van der Waals surface area contributed by atoms with Gasteiger partial charge >= 0.3 is 126 Å². The van der Waals surface area contributed by atoms with E-state index in [0.29, 0.717) is 23.0 Å². The molecule has 0 heterocycles. The largest absolute Gasteiger partial charge is 0.867 e. The Morgan fingerprint density at radius 1 is 0.610 bits per heavy atom. The molecule has 4 aromatic rings. The number of methoxy groups -OCH3 is 4. The van der Waals surface area contributed by atoms with E-state index in [2.05, 4.69) is 60.7 Å². The predicted octanol–water partition coefficient (Wildman–Crippen LogP) is 5.36. The summed E-state index contributed by atoms with van der Waals surface area (Å²) in [5, 5.41) is 22.4. The van der Waals surface area contributed by atoms with Crippen LogP contribution in [-0.4, -0.2) is 28.4 Å². The standard InChI is InChI=1S/C13H9.2C8H10O3.C5H5.Zr/c1-3-7-12-10(5-1)9-11-6-2-4-8-13(11)12;2*1-10-6-4-3-5-7(11-2)8(6)9;1-2-4-5-3-1;/h1-5,7-8H,9H2;2*3-5,9H,1-2H3;1-3H,4H2;/q;;;;+2/p-2. The van der Waals surface area contributed by atoms with E-state index in [1.807, 2.05) is 0 Å². The third-order valence-corrected chi connectivity index (χ3v) is 10.2. The molecule has 4 aromatic carbocycles. The Morgan fingerprint density at radius 2 is 1.12 bits per heavy atom. The number of fused-ring (bicyclic) bond motifs is 3. The van der Waals surface area contributed by atoms with Crippen LogP contribution in [0.5, 0.6) is 34.5 Å². The molecule has 6 rings (SSSR count). The van der Waals surface area contributed by atoms with Crippen LogP contribution in [0.15, 0.2) is 100 Å². The van der Waals surface area contributed by atoms with Gasteiger partial charge in [0.25, 0.3) is 0 Å². The van der Waals surface area contributed by atoms with E-state index in [1.54, 1.807) is 48.5 Å². The van der Waals surface area contributed by atoms with Gasteiger partial charge in [-0.3, -0.25) is 0 Å². The number of allylic oxidation sites excluding steroid dienone is 4. The van der Waals surface area contributed by atoms with Crippen LogP contribution < -0.4 is 32.4 Å². The third-order valence-electron chi connectivity index (χ3n) is 6.68. The zero-order chi connectivity index (χ0) is 29.2. The quantitative estimate of drug-likeness (QED) is 0.252. The van der Waals surface area contributed by atoms with Crippen LogP contribution in [0, 0.1) is 0 Å². The molecule has 6 nitrogen and oxygen atoms in total. The number of hydrogen-bond acceptors (Lipinski definition) is 6. The van der Waals surface area contributed by atoms with Crippen LogP contribution in [0.4, 0.5) is 0 Å². The molecule has 0 N–H and O–H groups in total. The number of rotatable bonds is 6. The van der Waals surface area contributed by atoms with Gasteiger partial charge in [0.15, 0.2) is 0 Å². The number of benzene rings is 4. The molecule has 2 aliphatic rings. The molecule has 2 aliphatic carbocycles. The first kappa shape index (κ1) is 30.0. The maximum Gasteiger partial charge on any atom is 0.114 e. The van der Waals surface area contributed by atoms with Gasteiger partial charge in [-0.05, 0) is 35.8 Å². The summed E-state index contributed by atoms with van der Waals surface area (Å²) in [5.41, 5.74) is 6.06. The Bertz CT molecular complexity index is 1440. The van der Waals surface area contributed by atoms with Gasteiger partial charge in [-0.2, -0.15) is 0 Å². The van der Waals surface area contributed by atoms with Gasteiger partial charge in [0.05, 0.1) is 28.4 Å². The van der Waals surface area contributed by atoms with Crippen molar-refractivity contribution in [2.75, 3.05) is 28.4 Å². The van der Waals surface area contributed by atoms with Crippen molar-refractivity contribution in [1.29, 1.82) is 0 Å². The van der Waals surface area contributed by atoms with E-state index in [0.717, 1.165) is 6.42 Å². The minimum Gasteiger partial charge on any atom is -0.867 e. The number of hydrogen-bond donors (Lipinski definition) is 0. The summed E-state index contributed by atoms with van der Waals surface area (Å²) in [5.74, 6) is 0.817. The van der Waals surface area contributed by atoms with Gasteiger partial charge in [0, 0.05) is 0 Å². The van der Waals surface area contributed by atoms with Crippen LogP contribution in [0.3, 0.4) is 0 Å². The van der Waals surface area contributed by atoms with Gasteiger partial charge in [0.1, 0.15) is 23.0 Å². The summed E-state index contributed by atoms with van der Waals surface area (Å²) in [4.78, 5) is 0. The van der Waals surface area contributed by atoms with E-state index in [9.17, 15) is 10.2 Å². The molecule has 0 saturated carbocycles. The van der Waals surface area contributed by atoms with E-state index in [4.69, 9.17) is 18.9 Å². The van der Waals surface area contributed by atoms with Crippen molar-refractivity contribution in [3.63, 3.8) is 0 Å². The van der Waals surface area contributed by atoms with Crippen molar-refractivity contribution in [2.45, 2.75) is 12.8 Å². The number of ether oxygens (including phenoxy) is 4. The average molecular weight is 628 g/mol. The maximum atomic E-state index is 11.2. The number of para-hydroxylation sites is 2. The molecular weight excluding hydrogens is 596 g/mol. The summed E-state index contributed by atoms with van der Waals surface area (Å²) in [6.07, 6.45) is 9.18. The van der Waals surface area contributed by atoms with E-state index in [1.165, 1.54) is 51.6 Å². The molecule has 0 aromatic heterocycles. The fourth-order valence-electron chi connectivity index (χ4n) is 4.62. The van der Waals surface area contributed by atoms with Gasteiger partial charge in [-0.1, -0.05) is 12.1 Å². The van der Waals surface area contributed by atoms with Crippen molar-refractivity contribution in [3.05, 3.63) is 111 Å². The monoisotopic (exact) mass is 626 g/mol. The summed E-state index contributed by atoms with van der Waals surface area (Å²) < 4.78 is 22.6. The van der Waals surface area contributed by atoms with Crippen molar-refractivity contribution >= 4 is 3.27 Å². The second-order valence-corrected chi connectivity index (χ2v) is 12.6. The summed E-state index contributed by atoms with van der Waals surface area (Å²) in [7, 11) is 5.82. The molecule has 7 heteroatoms. The van der Waals surface area contributed by atoms with Crippen LogP contribution in [-0.2, 0) is 29.7 Å². The summed E-state index contributed by atoms with van der Waals surface area (Å²) >= 11 is -0.581. The minimum absolute atomic E-state index is 0.211. The topological polar surface area (TPSA) is 83.0 Å². The molecule has 41 heavy (non-hydrogen) atoms. The van der Waals surface area contributed by atoms with Gasteiger partial charge < -0.3 is 29.2 Å².